The molecule has 9 nitrogen and oxygen atoms in total. The van der Waals surface area contributed by atoms with E-state index in [1.165, 1.54) is 26.5 Å². The zero-order valence-electron chi connectivity index (χ0n) is 20.1. The van der Waals surface area contributed by atoms with Gasteiger partial charge < -0.3 is 14.8 Å². The van der Waals surface area contributed by atoms with E-state index in [0.29, 0.717) is 23.5 Å². The molecule has 0 aliphatic carbocycles. The van der Waals surface area contributed by atoms with Crippen LogP contribution in [0.4, 0.5) is 10.1 Å². The number of anilines is 1. The van der Waals surface area contributed by atoms with Gasteiger partial charge in [0.1, 0.15) is 18.0 Å². The highest BCUT2D eigenvalue weighted by molar-refractivity contribution is 5.91. The Bertz CT molecular complexity index is 1560. The molecule has 0 saturated carbocycles. The van der Waals surface area contributed by atoms with Crippen molar-refractivity contribution in [3.63, 3.8) is 0 Å². The summed E-state index contributed by atoms with van der Waals surface area (Å²) < 4.78 is 26.7. The Labute approximate surface area is 205 Å². The van der Waals surface area contributed by atoms with E-state index in [-0.39, 0.29) is 23.3 Å². The van der Waals surface area contributed by atoms with E-state index in [1.54, 1.807) is 43.3 Å². The Morgan fingerprint density at radius 3 is 2.53 bits per heavy atom. The Morgan fingerprint density at radius 2 is 1.81 bits per heavy atom. The number of hydrogen-bond acceptors (Lipinski definition) is 6. The summed E-state index contributed by atoms with van der Waals surface area (Å²) in [7, 11) is 3.06. The number of aryl methyl sites for hydroxylation is 2. The van der Waals surface area contributed by atoms with E-state index < -0.39 is 29.5 Å². The standard InChI is InChI=1S/C26H25FN4O5/c1-16-6-8-18(14-20(16)27)29-23(32)15-31-24-19(5-4-11-28-24)25(33)30(26(31)34)12-10-17-7-9-21(35-2)22(13-17)36-3/h4-9,11,13-14H,10,12,15H2,1-3H3,(H,29,32). The summed E-state index contributed by atoms with van der Waals surface area (Å²) in [5.41, 5.74) is 0.463. The fourth-order valence-corrected chi connectivity index (χ4v) is 3.88. The molecule has 1 amide bonds. The Hall–Kier alpha value is -4.47. The number of rotatable bonds is 8. The number of carbonyl (C=O) groups excluding carboxylic acids is 1. The van der Waals surface area contributed by atoms with Gasteiger partial charge in [0.15, 0.2) is 11.5 Å². The van der Waals surface area contributed by atoms with Crippen LogP contribution in [0, 0.1) is 12.7 Å². The number of pyridine rings is 1. The van der Waals surface area contributed by atoms with Crippen LogP contribution in [-0.2, 0) is 24.3 Å². The molecule has 0 spiro atoms. The van der Waals surface area contributed by atoms with E-state index in [2.05, 4.69) is 10.3 Å². The van der Waals surface area contributed by atoms with Crippen molar-refractivity contribution in [2.75, 3.05) is 19.5 Å². The molecule has 1 N–H and O–H groups in total. The second-order valence-corrected chi connectivity index (χ2v) is 8.15. The highest BCUT2D eigenvalue weighted by atomic mass is 19.1. The molecule has 4 aromatic rings. The minimum atomic E-state index is -0.670. The topological polar surface area (TPSA) is 104 Å². The van der Waals surface area contributed by atoms with E-state index >= 15 is 0 Å². The molecule has 10 heteroatoms. The SMILES string of the molecule is COc1ccc(CCn2c(=O)c3cccnc3n(CC(=O)Nc3ccc(C)c(F)c3)c2=O)cc1OC. The second-order valence-electron chi connectivity index (χ2n) is 8.15. The van der Waals surface area contributed by atoms with E-state index in [9.17, 15) is 18.8 Å². The lowest BCUT2D eigenvalue weighted by Gasteiger charge is -2.14. The molecule has 2 aromatic heterocycles. The predicted molar refractivity (Wildman–Crippen MR) is 133 cm³/mol. The third-order valence-electron chi connectivity index (χ3n) is 5.81. The monoisotopic (exact) mass is 492 g/mol. The van der Waals surface area contributed by atoms with E-state index in [0.717, 1.165) is 14.7 Å². The molecule has 2 aromatic carbocycles. The van der Waals surface area contributed by atoms with Crippen molar-refractivity contribution in [1.29, 1.82) is 0 Å². The van der Waals surface area contributed by atoms with Crippen LogP contribution in [-0.4, -0.2) is 34.2 Å². The highest BCUT2D eigenvalue weighted by Crippen LogP contribution is 2.27. The van der Waals surface area contributed by atoms with Crippen molar-refractivity contribution >= 4 is 22.6 Å². The largest absolute Gasteiger partial charge is 0.493 e. The average Bonchev–Trinajstić information content (AvgIpc) is 2.88. The van der Waals surface area contributed by atoms with Gasteiger partial charge >= 0.3 is 5.69 Å². The van der Waals surface area contributed by atoms with Crippen LogP contribution in [0.2, 0.25) is 0 Å². The number of amides is 1. The Balaban J connectivity index is 1.66. The maximum atomic E-state index is 13.9. The van der Waals surface area contributed by atoms with Crippen LogP contribution < -0.4 is 26.0 Å². The molecule has 2 heterocycles. The van der Waals surface area contributed by atoms with Gasteiger partial charge in [0.2, 0.25) is 5.91 Å². The van der Waals surface area contributed by atoms with Gasteiger partial charge in [-0.2, -0.15) is 0 Å². The summed E-state index contributed by atoms with van der Waals surface area (Å²) in [6, 6.07) is 12.8. The lowest BCUT2D eigenvalue weighted by Crippen LogP contribution is -2.42. The summed E-state index contributed by atoms with van der Waals surface area (Å²) in [6.07, 6.45) is 1.80. The van der Waals surface area contributed by atoms with Gasteiger partial charge in [0, 0.05) is 18.4 Å². The van der Waals surface area contributed by atoms with Crippen molar-refractivity contribution < 1.29 is 18.7 Å². The minimum absolute atomic E-state index is 0.0722. The van der Waals surface area contributed by atoms with Gasteiger partial charge in [-0.3, -0.25) is 18.7 Å². The number of methoxy groups -OCH3 is 2. The summed E-state index contributed by atoms with van der Waals surface area (Å²) in [6.45, 7) is 1.28. The average molecular weight is 493 g/mol. The van der Waals surface area contributed by atoms with Crippen LogP contribution in [0.1, 0.15) is 11.1 Å². The summed E-state index contributed by atoms with van der Waals surface area (Å²) in [5, 5.41) is 2.79. The molecule has 0 saturated heterocycles. The lowest BCUT2D eigenvalue weighted by atomic mass is 10.1. The molecule has 0 bridgehead atoms. The number of fused-ring (bicyclic) bond motifs is 1. The first-order valence-corrected chi connectivity index (χ1v) is 11.2. The number of hydrogen-bond donors (Lipinski definition) is 1. The van der Waals surface area contributed by atoms with Crippen LogP contribution >= 0.6 is 0 Å². The molecular weight excluding hydrogens is 467 g/mol. The van der Waals surface area contributed by atoms with Crippen molar-refractivity contribution in [2.24, 2.45) is 0 Å². The fraction of sp³-hybridized carbons (Fsp3) is 0.231. The van der Waals surface area contributed by atoms with Crippen molar-refractivity contribution in [1.82, 2.24) is 14.1 Å². The zero-order chi connectivity index (χ0) is 25.8. The molecule has 0 fully saturated rings. The van der Waals surface area contributed by atoms with Gasteiger partial charge in [0.25, 0.3) is 5.56 Å². The third kappa shape index (κ3) is 4.97. The van der Waals surface area contributed by atoms with Gasteiger partial charge in [-0.1, -0.05) is 12.1 Å². The highest BCUT2D eigenvalue weighted by Gasteiger charge is 2.17. The van der Waals surface area contributed by atoms with Gasteiger partial charge in [0.05, 0.1) is 19.6 Å². The minimum Gasteiger partial charge on any atom is -0.493 e. The number of nitrogens with zero attached hydrogens (tertiary/aromatic N) is 3. The molecule has 0 atom stereocenters. The molecular formula is C26H25FN4O5. The first kappa shape index (κ1) is 24.6. The smallest absolute Gasteiger partial charge is 0.333 e. The Morgan fingerprint density at radius 1 is 1.03 bits per heavy atom. The third-order valence-corrected chi connectivity index (χ3v) is 5.81. The number of ether oxygens (including phenoxy) is 2. The molecule has 36 heavy (non-hydrogen) atoms. The quantitative estimate of drug-likeness (QED) is 0.406. The molecule has 186 valence electrons. The molecule has 0 radical (unpaired) electrons. The normalized spacial score (nSPS) is 10.9. The summed E-state index contributed by atoms with van der Waals surface area (Å²) >= 11 is 0. The first-order chi connectivity index (χ1) is 17.3. The van der Waals surface area contributed by atoms with E-state index in [4.69, 9.17) is 9.47 Å². The maximum absolute atomic E-state index is 13.9. The molecule has 4 rings (SSSR count). The number of benzene rings is 2. The van der Waals surface area contributed by atoms with Crippen molar-refractivity contribution in [3.05, 3.63) is 92.5 Å². The van der Waals surface area contributed by atoms with Crippen LogP contribution in [0.25, 0.3) is 11.0 Å². The second kappa shape index (κ2) is 10.4. The van der Waals surface area contributed by atoms with Crippen LogP contribution in [0.3, 0.4) is 0 Å². The number of aromatic nitrogens is 3. The number of halogens is 1. The van der Waals surface area contributed by atoms with Crippen molar-refractivity contribution in [2.45, 2.75) is 26.4 Å². The molecule has 0 aliphatic heterocycles. The number of carbonyl (C=O) groups is 1. The van der Waals surface area contributed by atoms with E-state index in [1.807, 2.05) is 6.07 Å². The zero-order valence-corrected chi connectivity index (χ0v) is 20.1. The lowest BCUT2D eigenvalue weighted by molar-refractivity contribution is -0.116. The van der Waals surface area contributed by atoms with Crippen molar-refractivity contribution in [3.8, 4) is 11.5 Å². The first-order valence-electron chi connectivity index (χ1n) is 11.2. The fourth-order valence-electron chi connectivity index (χ4n) is 3.88. The predicted octanol–water partition coefficient (Wildman–Crippen LogP) is 2.90. The van der Waals surface area contributed by atoms with Crippen LogP contribution in [0.5, 0.6) is 11.5 Å². The molecule has 0 aliphatic rings. The van der Waals surface area contributed by atoms with Crippen LogP contribution in [0.15, 0.2) is 64.3 Å². The maximum Gasteiger partial charge on any atom is 0.333 e. The Kier molecular flexibility index (Phi) is 7.14. The number of nitrogens with one attached hydrogen (secondary N) is 1. The summed E-state index contributed by atoms with van der Waals surface area (Å²) in [4.78, 5) is 43.4. The van der Waals surface area contributed by atoms with Gasteiger partial charge in [-0.25, -0.2) is 14.2 Å². The van der Waals surface area contributed by atoms with Gasteiger partial charge in [-0.05, 0) is 60.9 Å². The van der Waals surface area contributed by atoms with Gasteiger partial charge in [-0.15, -0.1) is 0 Å². The summed E-state index contributed by atoms with van der Waals surface area (Å²) in [5.74, 6) is 0.0851. The molecule has 0 unspecified atom stereocenters.